The fraction of sp³-hybridized carbons (Fsp3) is 0.0256. The van der Waals surface area contributed by atoms with Crippen molar-refractivity contribution in [2.24, 2.45) is 0 Å². The lowest BCUT2D eigenvalue weighted by Crippen LogP contribution is -2.00. The van der Waals surface area contributed by atoms with Crippen LogP contribution in [-0.4, -0.2) is 14.5 Å². The van der Waals surface area contributed by atoms with Crippen molar-refractivity contribution in [2.45, 2.75) is 6.85 Å². The van der Waals surface area contributed by atoms with Crippen molar-refractivity contribution in [1.82, 2.24) is 14.5 Å². The van der Waals surface area contributed by atoms with E-state index in [0.29, 0.717) is 5.52 Å². The van der Waals surface area contributed by atoms with Gasteiger partial charge in [0.25, 0.3) is 0 Å². The third kappa shape index (κ3) is 3.75. The van der Waals surface area contributed by atoms with Crippen LogP contribution in [0.3, 0.4) is 0 Å². The Morgan fingerprint density at radius 1 is 0.548 bits per heavy atom. The minimum Gasteiger partial charge on any atom is -0.296 e. The van der Waals surface area contributed by atoms with E-state index in [4.69, 9.17) is 4.11 Å². The number of imidazole rings is 1. The van der Waals surface area contributed by atoms with Crippen LogP contribution < -0.4 is 0 Å². The normalized spacial score (nSPS) is 12.8. The molecule has 0 bridgehead atoms. The van der Waals surface area contributed by atoms with Crippen LogP contribution >= 0.6 is 0 Å². The summed E-state index contributed by atoms with van der Waals surface area (Å²) in [6.45, 7) is -2.41. The van der Waals surface area contributed by atoms with E-state index in [1.807, 2.05) is 59.3 Å². The van der Waals surface area contributed by atoms with Crippen molar-refractivity contribution in [3.05, 3.63) is 152 Å². The Morgan fingerprint density at radius 2 is 1.12 bits per heavy atom. The molecule has 42 heavy (non-hydrogen) atoms. The van der Waals surface area contributed by atoms with E-state index in [1.54, 1.807) is 6.20 Å². The molecule has 0 saturated carbocycles. The van der Waals surface area contributed by atoms with Gasteiger partial charge in [0.2, 0.25) is 0 Å². The summed E-state index contributed by atoms with van der Waals surface area (Å²) in [5, 5.41) is 4.40. The zero-order valence-electron chi connectivity index (χ0n) is 25.7. The summed E-state index contributed by atoms with van der Waals surface area (Å²) in [6.07, 6.45) is 3.70. The molecular formula is C39H27N3. The molecule has 198 valence electrons. The highest BCUT2D eigenvalue weighted by Gasteiger charge is 2.21. The van der Waals surface area contributed by atoms with Gasteiger partial charge in [0, 0.05) is 27.6 Å². The van der Waals surface area contributed by atoms with E-state index in [1.165, 1.54) is 0 Å². The summed E-state index contributed by atoms with van der Waals surface area (Å²) in [5.74, 6) is 0.0479. The van der Waals surface area contributed by atoms with Gasteiger partial charge in [0.1, 0.15) is 5.82 Å². The number of benzene rings is 6. The maximum absolute atomic E-state index is 8.39. The fourth-order valence-electron chi connectivity index (χ4n) is 6.33. The van der Waals surface area contributed by atoms with Crippen molar-refractivity contribution in [3.8, 4) is 39.1 Å². The highest BCUT2D eigenvalue weighted by molar-refractivity contribution is 6.23. The molecule has 0 amide bonds. The third-order valence-electron chi connectivity index (χ3n) is 8.08. The van der Waals surface area contributed by atoms with Crippen LogP contribution in [-0.2, 0) is 0 Å². The summed E-state index contributed by atoms with van der Waals surface area (Å²) in [7, 11) is 0. The van der Waals surface area contributed by atoms with Crippen LogP contribution in [0.25, 0.3) is 71.6 Å². The van der Waals surface area contributed by atoms with Gasteiger partial charge in [-0.05, 0) is 74.9 Å². The second-order valence-corrected chi connectivity index (χ2v) is 10.4. The minimum atomic E-state index is -2.41. The van der Waals surface area contributed by atoms with Gasteiger partial charge in [0.05, 0.1) is 16.7 Å². The topological polar surface area (TPSA) is 30.7 Å². The second-order valence-electron chi connectivity index (χ2n) is 10.4. The van der Waals surface area contributed by atoms with E-state index in [9.17, 15) is 0 Å². The molecule has 3 nitrogen and oxygen atoms in total. The van der Waals surface area contributed by atoms with Crippen molar-refractivity contribution < 1.29 is 4.11 Å². The number of hydrogen-bond acceptors (Lipinski definition) is 2. The number of rotatable bonds is 4. The third-order valence-corrected chi connectivity index (χ3v) is 8.08. The zero-order chi connectivity index (χ0) is 30.5. The quantitative estimate of drug-likeness (QED) is 0.208. The molecule has 6 aromatic carbocycles. The number of para-hydroxylation sites is 3. The smallest absolute Gasteiger partial charge is 0.111 e. The Morgan fingerprint density at radius 3 is 1.79 bits per heavy atom. The molecule has 0 fully saturated rings. The predicted molar refractivity (Wildman–Crippen MR) is 175 cm³/mol. The lowest BCUT2D eigenvalue weighted by atomic mass is 9.83. The first kappa shape index (κ1) is 21.2. The van der Waals surface area contributed by atoms with Gasteiger partial charge in [-0.2, -0.15) is 0 Å². The first-order chi connectivity index (χ1) is 22.0. The summed E-state index contributed by atoms with van der Waals surface area (Å²) >= 11 is 0. The molecule has 8 rings (SSSR count). The molecule has 2 heterocycles. The highest BCUT2D eigenvalue weighted by Crippen LogP contribution is 2.47. The Labute approximate surface area is 248 Å². The van der Waals surface area contributed by atoms with E-state index < -0.39 is 6.85 Å². The maximum atomic E-state index is 8.39. The Bertz CT molecular complexity index is 2320. The molecule has 0 aliphatic carbocycles. The number of fused-ring (bicyclic) bond motifs is 3. The second kappa shape index (κ2) is 9.83. The average molecular weight is 541 g/mol. The number of hydrogen-bond donors (Lipinski definition) is 0. The molecule has 0 N–H and O–H groups in total. The van der Waals surface area contributed by atoms with E-state index in [-0.39, 0.29) is 5.82 Å². The van der Waals surface area contributed by atoms with Gasteiger partial charge in [0.15, 0.2) is 0 Å². The van der Waals surface area contributed by atoms with Crippen LogP contribution in [0.15, 0.2) is 146 Å². The molecule has 0 spiro atoms. The lowest BCUT2D eigenvalue weighted by molar-refractivity contribution is 1.00. The van der Waals surface area contributed by atoms with Crippen LogP contribution in [0.4, 0.5) is 0 Å². The Kier molecular flexibility index (Phi) is 4.97. The molecule has 8 aromatic rings. The molecule has 0 aliphatic rings. The van der Waals surface area contributed by atoms with Gasteiger partial charge in [-0.25, -0.2) is 4.98 Å². The van der Waals surface area contributed by atoms with Gasteiger partial charge in [-0.1, -0.05) is 109 Å². The van der Waals surface area contributed by atoms with Gasteiger partial charge in [-0.3, -0.25) is 9.55 Å². The number of aromatic nitrogens is 3. The molecular weight excluding hydrogens is 510 g/mol. The number of pyridine rings is 1. The SMILES string of the molecule is [2H]C([2H])([2H])c1nc2ccccc2n1-c1ccccc1-c1c2ccccc2c(-c2ccccc2-c2cccnc2)c2ccccc12. The molecule has 0 atom stereocenters. The van der Waals surface area contributed by atoms with Crippen LogP contribution in [0.2, 0.25) is 0 Å². The summed E-state index contributed by atoms with van der Waals surface area (Å²) in [6, 6.07) is 45.2. The zero-order valence-corrected chi connectivity index (χ0v) is 22.7. The molecule has 2 aromatic heterocycles. The largest absolute Gasteiger partial charge is 0.296 e. The van der Waals surface area contributed by atoms with E-state index in [2.05, 4.69) is 94.9 Å². The van der Waals surface area contributed by atoms with Gasteiger partial charge >= 0.3 is 0 Å². The minimum absolute atomic E-state index is 0.0479. The molecule has 0 radical (unpaired) electrons. The maximum Gasteiger partial charge on any atom is 0.111 e. The molecule has 0 aliphatic heterocycles. The lowest BCUT2D eigenvalue weighted by Gasteiger charge is -2.21. The van der Waals surface area contributed by atoms with Crippen molar-refractivity contribution >= 4 is 32.6 Å². The van der Waals surface area contributed by atoms with Crippen LogP contribution in [0.5, 0.6) is 0 Å². The number of aryl methyl sites for hydroxylation is 1. The van der Waals surface area contributed by atoms with Crippen molar-refractivity contribution in [2.75, 3.05) is 0 Å². The Balaban J connectivity index is 1.49. The molecule has 0 unspecified atom stereocenters. The van der Waals surface area contributed by atoms with Gasteiger partial charge in [-0.15, -0.1) is 0 Å². The fourth-order valence-corrected chi connectivity index (χ4v) is 6.33. The first-order valence-corrected chi connectivity index (χ1v) is 14.0. The van der Waals surface area contributed by atoms with Crippen LogP contribution in [0, 0.1) is 6.85 Å². The van der Waals surface area contributed by atoms with Crippen molar-refractivity contribution in [1.29, 1.82) is 0 Å². The van der Waals surface area contributed by atoms with Gasteiger partial charge < -0.3 is 0 Å². The highest BCUT2D eigenvalue weighted by atomic mass is 15.1. The average Bonchev–Trinajstić information content (AvgIpc) is 3.48. The van der Waals surface area contributed by atoms with E-state index in [0.717, 1.165) is 66.1 Å². The standard InChI is InChI=1S/C39H27N3/c1-26-41-35-21-9-11-23-37(35)42(26)36-22-10-8-20-34(36)39-32-18-6-4-16-30(32)38(31-17-5-7-19-33(31)39)29-15-3-2-14-28(29)27-13-12-24-40-25-27/h2-25H,1H3/i1D3. The van der Waals surface area contributed by atoms with Crippen LogP contribution in [0.1, 0.15) is 9.94 Å². The first-order valence-electron chi connectivity index (χ1n) is 15.5. The van der Waals surface area contributed by atoms with E-state index >= 15 is 0 Å². The number of nitrogens with zero attached hydrogens (tertiary/aromatic N) is 3. The monoisotopic (exact) mass is 540 g/mol. The molecule has 0 saturated heterocycles. The summed E-state index contributed by atoms with van der Waals surface area (Å²) in [4.78, 5) is 9.01. The Hall–Kier alpha value is -5.54. The van der Waals surface area contributed by atoms with Crippen molar-refractivity contribution in [3.63, 3.8) is 0 Å². The molecule has 3 heteroatoms. The summed E-state index contributed by atoms with van der Waals surface area (Å²) in [5.41, 5.74) is 8.61. The summed E-state index contributed by atoms with van der Waals surface area (Å²) < 4.78 is 27.0. The predicted octanol–water partition coefficient (Wildman–Crippen LogP) is 10.0.